The first kappa shape index (κ1) is 20.7. The van der Waals surface area contributed by atoms with E-state index in [1.165, 1.54) is 7.11 Å². The Hall–Kier alpha value is -4.14. The number of pyridine rings is 1. The number of nitrogens with two attached hydrogens (primary N) is 1. The predicted molar refractivity (Wildman–Crippen MR) is 122 cm³/mol. The third kappa shape index (κ3) is 4.17. The van der Waals surface area contributed by atoms with Gasteiger partial charge in [0.2, 0.25) is 11.7 Å². The van der Waals surface area contributed by atoms with Crippen LogP contribution in [-0.2, 0) is 4.84 Å². The van der Waals surface area contributed by atoms with Gasteiger partial charge >= 0.3 is 0 Å². The summed E-state index contributed by atoms with van der Waals surface area (Å²) in [7, 11) is 1.53. The number of aromatic nitrogens is 3. The lowest BCUT2D eigenvalue weighted by Gasteiger charge is -2.13. The van der Waals surface area contributed by atoms with Crippen LogP contribution in [0.1, 0.15) is 34.8 Å². The molecule has 3 heterocycles. The van der Waals surface area contributed by atoms with Crippen molar-refractivity contribution in [2.24, 2.45) is 16.8 Å². The minimum Gasteiger partial charge on any atom is -0.479 e. The molecule has 1 saturated carbocycles. The molecule has 9 nitrogen and oxygen atoms in total. The third-order valence-corrected chi connectivity index (χ3v) is 5.53. The Kier molecular flexibility index (Phi) is 5.29. The number of amidine groups is 1. The average molecular weight is 445 g/mol. The number of aryl methyl sites for hydroxylation is 1. The molecule has 1 aromatic carbocycles. The van der Waals surface area contributed by atoms with Gasteiger partial charge in [-0.3, -0.25) is 4.79 Å². The number of carbonyl (C=O) groups excluding carboxylic acids is 1. The van der Waals surface area contributed by atoms with E-state index in [1.807, 2.05) is 48.0 Å². The Balaban J connectivity index is 1.37. The minimum atomic E-state index is -0.765. The zero-order chi connectivity index (χ0) is 22.9. The Morgan fingerprint density at radius 1 is 1.27 bits per heavy atom. The van der Waals surface area contributed by atoms with Crippen molar-refractivity contribution >= 4 is 22.6 Å². The van der Waals surface area contributed by atoms with Crippen molar-refractivity contribution < 1.29 is 18.8 Å². The maximum Gasteiger partial charge on any atom is 0.241 e. The van der Waals surface area contributed by atoms with Crippen molar-refractivity contribution in [3.05, 3.63) is 72.1 Å². The van der Waals surface area contributed by atoms with Gasteiger partial charge < -0.3 is 24.3 Å². The Morgan fingerprint density at radius 3 is 2.79 bits per heavy atom. The van der Waals surface area contributed by atoms with Crippen molar-refractivity contribution in [3.8, 4) is 11.6 Å². The van der Waals surface area contributed by atoms with Crippen LogP contribution in [0.4, 0.5) is 0 Å². The summed E-state index contributed by atoms with van der Waals surface area (Å²) in [5, 5.41) is 4.90. The molecular weight excluding hydrogens is 422 g/mol. The first-order chi connectivity index (χ1) is 16.0. The number of fused-ring (bicyclic) bond motifs is 1. The van der Waals surface area contributed by atoms with Crippen LogP contribution >= 0.6 is 0 Å². The molecule has 3 aromatic heterocycles. The summed E-state index contributed by atoms with van der Waals surface area (Å²) >= 11 is 0. The number of hydrogen-bond acceptors (Lipinski definition) is 7. The fourth-order valence-corrected chi connectivity index (χ4v) is 3.63. The molecule has 9 heteroatoms. The fourth-order valence-electron chi connectivity index (χ4n) is 3.63. The van der Waals surface area contributed by atoms with Gasteiger partial charge in [-0.1, -0.05) is 23.4 Å². The molecule has 5 rings (SSSR count). The molecule has 0 spiro atoms. The average Bonchev–Trinajstić information content (AvgIpc) is 3.42. The number of methoxy groups -OCH3 is 1. The molecule has 33 heavy (non-hydrogen) atoms. The number of rotatable bonds is 8. The van der Waals surface area contributed by atoms with E-state index in [1.54, 1.807) is 18.5 Å². The Labute approximate surface area is 189 Å². The standard InChI is InChI=1S/C24H23N5O4/c1-14-12-29(13-26-14)18-10-9-17(27-24(18)31-2)23(25)28-33-22(15-7-8-15)21(30)20-11-16-5-3-4-6-19(16)32-20/h3-6,9-13,15,22H,7-8H2,1-2H3,(H2,25,28). The number of para-hydroxylation sites is 1. The van der Waals surface area contributed by atoms with Crippen LogP contribution in [0.3, 0.4) is 0 Å². The van der Waals surface area contributed by atoms with Crippen LogP contribution in [0, 0.1) is 12.8 Å². The summed E-state index contributed by atoms with van der Waals surface area (Å²) in [6, 6.07) is 12.7. The number of ketones is 1. The topological polar surface area (TPSA) is 118 Å². The molecule has 0 bridgehead atoms. The van der Waals surface area contributed by atoms with Gasteiger partial charge in [0.05, 0.1) is 19.1 Å². The summed E-state index contributed by atoms with van der Waals surface area (Å²) in [5.74, 6) is 0.490. The van der Waals surface area contributed by atoms with Crippen LogP contribution < -0.4 is 10.5 Å². The van der Waals surface area contributed by atoms with E-state index in [4.69, 9.17) is 19.7 Å². The van der Waals surface area contributed by atoms with Crippen LogP contribution in [0.2, 0.25) is 0 Å². The summed E-state index contributed by atoms with van der Waals surface area (Å²) in [5.41, 5.74) is 8.75. The predicted octanol–water partition coefficient (Wildman–Crippen LogP) is 3.63. The molecule has 0 amide bonds. The molecule has 1 unspecified atom stereocenters. The number of benzene rings is 1. The van der Waals surface area contributed by atoms with E-state index in [9.17, 15) is 4.79 Å². The Morgan fingerprint density at radius 2 is 2.09 bits per heavy atom. The number of Topliss-reactive ketones (excluding diaryl/α,β-unsaturated/α-hetero) is 1. The highest BCUT2D eigenvalue weighted by Gasteiger charge is 2.40. The quantitative estimate of drug-likeness (QED) is 0.190. The summed E-state index contributed by atoms with van der Waals surface area (Å²) in [4.78, 5) is 27.4. The van der Waals surface area contributed by atoms with Crippen LogP contribution in [0.15, 0.2) is 64.6 Å². The van der Waals surface area contributed by atoms with E-state index >= 15 is 0 Å². The molecule has 4 aromatic rings. The van der Waals surface area contributed by atoms with Gasteiger partial charge in [-0.15, -0.1) is 0 Å². The molecule has 1 atom stereocenters. The van der Waals surface area contributed by atoms with Gasteiger partial charge in [0.1, 0.15) is 17.0 Å². The van der Waals surface area contributed by atoms with Gasteiger partial charge in [0.25, 0.3) is 0 Å². The third-order valence-electron chi connectivity index (χ3n) is 5.53. The number of imidazole rings is 1. The maximum atomic E-state index is 13.1. The van der Waals surface area contributed by atoms with Gasteiger partial charge in [-0.2, -0.15) is 0 Å². The van der Waals surface area contributed by atoms with Crippen LogP contribution in [-0.4, -0.2) is 39.4 Å². The monoisotopic (exact) mass is 445 g/mol. The van der Waals surface area contributed by atoms with Crippen molar-refractivity contribution in [3.63, 3.8) is 0 Å². The highest BCUT2D eigenvalue weighted by atomic mass is 16.6. The van der Waals surface area contributed by atoms with Gasteiger partial charge in [0, 0.05) is 17.5 Å². The fraction of sp³-hybridized carbons (Fsp3) is 0.250. The number of carbonyl (C=O) groups is 1. The molecule has 0 saturated heterocycles. The second-order valence-corrected chi connectivity index (χ2v) is 8.00. The van der Waals surface area contributed by atoms with E-state index in [0.29, 0.717) is 22.8 Å². The van der Waals surface area contributed by atoms with Gasteiger partial charge in [0.15, 0.2) is 17.7 Å². The Bertz CT molecular complexity index is 1320. The van der Waals surface area contributed by atoms with E-state index in [0.717, 1.165) is 23.9 Å². The lowest BCUT2D eigenvalue weighted by atomic mass is 10.1. The number of hydrogen-bond donors (Lipinski definition) is 1. The smallest absolute Gasteiger partial charge is 0.241 e. The molecule has 1 aliphatic carbocycles. The second kappa shape index (κ2) is 8.42. The second-order valence-electron chi connectivity index (χ2n) is 8.00. The van der Waals surface area contributed by atoms with Gasteiger partial charge in [-0.25, -0.2) is 9.97 Å². The zero-order valence-corrected chi connectivity index (χ0v) is 18.3. The normalized spacial score (nSPS) is 14.9. The molecule has 0 aliphatic heterocycles. The van der Waals surface area contributed by atoms with E-state index in [2.05, 4.69) is 15.1 Å². The van der Waals surface area contributed by atoms with Crippen LogP contribution in [0.25, 0.3) is 16.7 Å². The minimum absolute atomic E-state index is 0.0460. The summed E-state index contributed by atoms with van der Waals surface area (Å²) in [6.45, 7) is 1.90. The first-order valence-corrected chi connectivity index (χ1v) is 10.6. The largest absolute Gasteiger partial charge is 0.479 e. The zero-order valence-electron chi connectivity index (χ0n) is 18.3. The van der Waals surface area contributed by atoms with Crippen molar-refractivity contribution in [2.75, 3.05) is 7.11 Å². The molecule has 0 radical (unpaired) electrons. The number of ether oxygens (including phenoxy) is 1. The molecule has 1 fully saturated rings. The molecule has 168 valence electrons. The summed E-state index contributed by atoms with van der Waals surface area (Å²) < 4.78 is 13.0. The molecular formula is C24H23N5O4. The molecule has 1 aliphatic rings. The van der Waals surface area contributed by atoms with Crippen LogP contribution in [0.5, 0.6) is 5.88 Å². The van der Waals surface area contributed by atoms with Crippen molar-refractivity contribution in [2.45, 2.75) is 25.9 Å². The highest BCUT2D eigenvalue weighted by Crippen LogP contribution is 2.36. The number of furan rings is 1. The molecule has 2 N–H and O–H groups in total. The summed E-state index contributed by atoms with van der Waals surface area (Å²) in [6.07, 6.45) is 4.55. The lowest BCUT2D eigenvalue weighted by molar-refractivity contribution is 0.0331. The van der Waals surface area contributed by atoms with Crippen molar-refractivity contribution in [1.82, 2.24) is 14.5 Å². The van der Waals surface area contributed by atoms with Crippen molar-refractivity contribution in [1.29, 1.82) is 0 Å². The van der Waals surface area contributed by atoms with E-state index < -0.39 is 6.10 Å². The maximum absolute atomic E-state index is 13.1. The van der Waals surface area contributed by atoms with Gasteiger partial charge in [-0.05, 0) is 44.0 Å². The number of oxime groups is 1. The first-order valence-electron chi connectivity index (χ1n) is 10.6. The number of nitrogens with zero attached hydrogens (tertiary/aromatic N) is 4. The van der Waals surface area contributed by atoms with E-state index in [-0.39, 0.29) is 23.3 Å². The highest BCUT2D eigenvalue weighted by molar-refractivity contribution is 6.01. The lowest BCUT2D eigenvalue weighted by Crippen LogP contribution is -2.26. The SMILES string of the molecule is COc1nc(C(N)=NOC(C(=O)c2cc3ccccc3o2)C2CC2)ccc1-n1cnc(C)c1.